The fourth-order valence-corrected chi connectivity index (χ4v) is 1.08. The molecule has 13 heavy (non-hydrogen) atoms. The lowest BCUT2D eigenvalue weighted by atomic mass is 10.2. The molecule has 1 heterocycles. The summed E-state index contributed by atoms with van der Waals surface area (Å²) >= 11 is 3.21. The van der Waals surface area contributed by atoms with Crippen LogP contribution in [0.15, 0.2) is 18.3 Å². The van der Waals surface area contributed by atoms with Crippen LogP contribution in [0.4, 0.5) is 13.2 Å². The van der Waals surface area contributed by atoms with Crippen molar-refractivity contribution in [3.05, 3.63) is 29.6 Å². The van der Waals surface area contributed by atoms with E-state index in [1.54, 1.807) is 6.92 Å². The zero-order valence-corrected chi connectivity index (χ0v) is 8.35. The highest BCUT2D eigenvalue weighted by Gasteiger charge is 2.30. The van der Waals surface area contributed by atoms with Crippen LogP contribution in [0.1, 0.15) is 23.0 Å². The van der Waals surface area contributed by atoms with E-state index >= 15 is 0 Å². The van der Waals surface area contributed by atoms with Gasteiger partial charge in [-0.3, -0.25) is 4.98 Å². The van der Waals surface area contributed by atoms with Gasteiger partial charge in [0.15, 0.2) is 0 Å². The molecule has 0 aliphatic rings. The molecule has 1 rings (SSSR count). The van der Waals surface area contributed by atoms with Crippen LogP contribution in [0, 0.1) is 0 Å². The van der Waals surface area contributed by atoms with Gasteiger partial charge in [-0.25, -0.2) is 0 Å². The highest BCUT2D eigenvalue weighted by Crippen LogP contribution is 2.29. The maximum absolute atomic E-state index is 12.1. The monoisotopic (exact) mass is 253 g/mol. The van der Waals surface area contributed by atoms with E-state index < -0.39 is 11.7 Å². The van der Waals surface area contributed by atoms with Crippen LogP contribution in [0.2, 0.25) is 0 Å². The summed E-state index contributed by atoms with van der Waals surface area (Å²) in [6, 6.07) is 2.39. The van der Waals surface area contributed by atoms with Gasteiger partial charge in [0.2, 0.25) is 0 Å². The molecule has 0 N–H and O–H groups in total. The first kappa shape index (κ1) is 10.5. The van der Waals surface area contributed by atoms with Crippen LogP contribution >= 0.6 is 15.9 Å². The third-order valence-corrected chi connectivity index (χ3v) is 1.99. The molecular formula is C8H7BrF3N. The largest absolute Gasteiger partial charge is 0.417 e. The van der Waals surface area contributed by atoms with Crippen molar-refractivity contribution in [2.24, 2.45) is 0 Å². The molecular weight excluding hydrogens is 247 g/mol. The van der Waals surface area contributed by atoms with Gasteiger partial charge in [-0.05, 0) is 19.1 Å². The van der Waals surface area contributed by atoms with Crippen molar-refractivity contribution in [2.75, 3.05) is 0 Å². The molecule has 0 radical (unpaired) electrons. The van der Waals surface area contributed by atoms with Gasteiger partial charge in [-0.15, -0.1) is 0 Å². The molecule has 0 saturated heterocycles. The van der Waals surface area contributed by atoms with Crippen LogP contribution in [-0.2, 0) is 6.18 Å². The number of halogens is 4. The lowest BCUT2D eigenvalue weighted by Crippen LogP contribution is -2.05. The second-order valence-corrected chi connectivity index (χ2v) is 3.96. The summed E-state index contributed by atoms with van der Waals surface area (Å²) in [5, 5.41) is 0. The molecule has 5 heteroatoms. The van der Waals surface area contributed by atoms with E-state index in [9.17, 15) is 13.2 Å². The highest BCUT2D eigenvalue weighted by atomic mass is 79.9. The van der Waals surface area contributed by atoms with Gasteiger partial charge in [-0.2, -0.15) is 13.2 Å². The fraction of sp³-hybridized carbons (Fsp3) is 0.375. The predicted molar refractivity (Wildman–Crippen MR) is 46.6 cm³/mol. The van der Waals surface area contributed by atoms with Gasteiger partial charge in [0.1, 0.15) is 0 Å². The van der Waals surface area contributed by atoms with Gasteiger partial charge < -0.3 is 0 Å². The van der Waals surface area contributed by atoms with Crippen molar-refractivity contribution in [1.29, 1.82) is 0 Å². The second-order valence-electron chi connectivity index (χ2n) is 2.59. The molecule has 1 atom stereocenters. The predicted octanol–water partition coefficient (Wildman–Crippen LogP) is 3.56. The van der Waals surface area contributed by atoms with Gasteiger partial charge >= 0.3 is 6.18 Å². The smallest absolute Gasteiger partial charge is 0.260 e. The van der Waals surface area contributed by atoms with Gasteiger partial charge in [0.25, 0.3) is 0 Å². The summed E-state index contributed by atoms with van der Waals surface area (Å²) in [7, 11) is 0. The zero-order chi connectivity index (χ0) is 10.1. The van der Waals surface area contributed by atoms with Crippen molar-refractivity contribution >= 4 is 15.9 Å². The minimum Gasteiger partial charge on any atom is -0.260 e. The van der Waals surface area contributed by atoms with E-state index in [1.165, 1.54) is 6.07 Å². The molecule has 0 unspecified atom stereocenters. The maximum atomic E-state index is 12.1. The summed E-state index contributed by atoms with van der Waals surface area (Å²) < 4.78 is 36.2. The molecule has 0 bridgehead atoms. The molecule has 0 aromatic carbocycles. The van der Waals surface area contributed by atoms with Crippen LogP contribution in [0.3, 0.4) is 0 Å². The Kier molecular flexibility index (Phi) is 2.95. The van der Waals surface area contributed by atoms with E-state index in [4.69, 9.17) is 0 Å². The highest BCUT2D eigenvalue weighted by molar-refractivity contribution is 9.09. The fourth-order valence-electron chi connectivity index (χ4n) is 0.808. The lowest BCUT2D eigenvalue weighted by Gasteiger charge is -2.07. The Morgan fingerprint density at radius 1 is 1.38 bits per heavy atom. The van der Waals surface area contributed by atoms with E-state index in [1.807, 2.05) is 0 Å². The van der Waals surface area contributed by atoms with Crippen LogP contribution in [0.5, 0.6) is 0 Å². The van der Waals surface area contributed by atoms with Crippen molar-refractivity contribution in [2.45, 2.75) is 17.9 Å². The van der Waals surface area contributed by atoms with Crippen molar-refractivity contribution in [1.82, 2.24) is 4.98 Å². The van der Waals surface area contributed by atoms with Gasteiger partial charge in [0, 0.05) is 6.20 Å². The average molecular weight is 254 g/mol. The average Bonchev–Trinajstić information content (AvgIpc) is 2.03. The van der Waals surface area contributed by atoms with E-state index in [-0.39, 0.29) is 4.83 Å². The summed E-state index contributed by atoms with van der Waals surface area (Å²) in [4.78, 5) is 3.65. The van der Waals surface area contributed by atoms with Crippen molar-refractivity contribution in [3.63, 3.8) is 0 Å². The molecule has 0 amide bonds. The molecule has 0 fully saturated rings. The Labute approximate surface area is 82.1 Å². The topological polar surface area (TPSA) is 12.9 Å². The summed E-state index contributed by atoms with van der Waals surface area (Å²) in [5.41, 5.74) is -0.127. The molecule has 1 aromatic rings. The Morgan fingerprint density at radius 2 is 2.00 bits per heavy atom. The standard InChI is InChI=1S/C8H7BrF3N/c1-5(9)7-3-2-6(4-13-7)8(10,11)12/h2-5H,1H3/t5-/m1/s1. The summed E-state index contributed by atoms with van der Waals surface area (Å²) in [6.07, 6.45) is -3.46. The van der Waals surface area contributed by atoms with Crippen LogP contribution in [-0.4, -0.2) is 4.98 Å². The van der Waals surface area contributed by atoms with Crippen molar-refractivity contribution < 1.29 is 13.2 Å². The SMILES string of the molecule is C[C@@H](Br)c1ccc(C(F)(F)F)cn1. The van der Waals surface area contributed by atoms with E-state index in [2.05, 4.69) is 20.9 Å². The van der Waals surface area contributed by atoms with Gasteiger partial charge in [-0.1, -0.05) is 15.9 Å². The Hall–Kier alpha value is -0.580. The molecule has 72 valence electrons. The summed E-state index contributed by atoms with van der Waals surface area (Å²) in [6.45, 7) is 1.80. The van der Waals surface area contributed by atoms with Crippen LogP contribution < -0.4 is 0 Å². The Bertz CT molecular complexity index is 278. The lowest BCUT2D eigenvalue weighted by molar-refractivity contribution is -0.137. The molecule has 0 spiro atoms. The number of aromatic nitrogens is 1. The first-order valence-corrected chi connectivity index (χ1v) is 4.50. The molecule has 0 saturated carbocycles. The van der Waals surface area contributed by atoms with E-state index in [0.717, 1.165) is 12.3 Å². The number of rotatable bonds is 1. The molecule has 0 aliphatic carbocycles. The van der Waals surface area contributed by atoms with Gasteiger partial charge in [0.05, 0.1) is 16.1 Å². The Balaban J connectivity index is 2.94. The quantitative estimate of drug-likeness (QED) is 0.698. The minimum atomic E-state index is -4.30. The molecule has 1 nitrogen and oxygen atoms in total. The molecule has 0 aliphatic heterocycles. The number of hydrogen-bond acceptors (Lipinski definition) is 1. The minimum absolute atomic E-state index is 0.0326. The maximum Gasteiger partial charge on any atom is 0.417 e. The molecule has 1 aromatic heterocycles. The number of pyridine rings is 1. The normalized spacial score (nSPS) is 14.2. The first-order valence-electron chi connectivity index (χ1n) is 3.58. The van der Waals surface area contributed by atoms with E-state index in [0.29, 0.717) is 5.69 Å². The number of hydrogen-bond donors (Lipinski definition) is 0. The summed E-state index contributed by atoms with van der Waals surface area (Å²) in [5.74, 6) is 0. The third kappa shape index (κ3) is 2.69. The van der Waals surface area contributed by atoms with Crippen molar-refractivity contribution in [3.8, 4) is 0 Å². The Morgan fingerprint density at radius 3 is 2.31 bits per heavy atom. The number of alkyl halides is 4. The third-order valence-electron chi connectivity index (χ3n) is 1.52. The second kappa shape index (κ2) is 3.65. The first-order chi connectivity index (χ1) is 5.91. The number of nitrogens with zero attached hydrogens (tertiary/aromatic N) is 1. The zero-order valence-electron chi connectivity index (χ0n) is 6.77. The van der Waals surface area contributed by atoms with Crippen LogP contribution in [0.25, 0.3) is 0 Å².